The quantitative estimate of drug-likeness (QED) is 0.472. The molecule has 0 bridgehead atoms. The van der Waals surface area contributed by atoms with Gasteiger partial charge in [-0.3, -0.25) is 9.59 Å². The smallest absolute Gasteiger partial charge is 0.311 e. The van der Waals surface area contributed by atoms with Crippen molar-refractivity contribution in [1.82, 2.24) is 9.88 Å². The van der Waals surface area contributed by atoms with E-state index in [1.54, 1.807) is 18.4 Å². The van der Waals surface area contributed by atoms with E-state index in [1.165, 1.54) is 16.2 Å². The van der Waals surface area contributed by atoms with E-state index in [9.17, 15) is 18.0 Å². The highest BCUT2D eigenvalue weighted by Gasteiger charge is 2.33. The molecule has 1 atom stereocenters. The van der Waals surface area contributed by atoms with Crippen molar-refractivity contribution in [2.24, 2.45) is 0 Å². The van der Waals surface area contributed by atoms with Gasteiger partial charge < -0.3 is 9.64 Å². The van der Waals surface area contributed by atoms with Gasteiger partial charge in [0.25, 0.3) is 5.91 Å². The Morgan fingerprint density at radius 2 is 1.97 bits per heavy atom. The maximum atomic E-state index is 12.5. The molecule has 1 aliphatic rings. The van der Waals surface area contributed by atoms with Crippen molar-refractivity contribution in [2.75, 3.05) is 25.2 Å². The number of thiazole rings is 1. The van der Waals surface area contributed by atoms with Crippen LogP contribution < -0.4 is 0 Å². The molecule has 1 fully saturated rings. The van der Waals surface area contributed by atoms with E-state index in [0.29, 0.717) is 6.42 Å². The number of esters is 1. The van der Waals surface area contributed by atoms with Gasteiger partial charge in [0, 0.05) is 23.5 Å². The Labute approximate surface area is 194 Å². The number of hydrogen-bond donors (Lipinski definition) is 0. The maximum Gasteiger partial charge on any atom is 0.311 e. The van der Waals surface area contributed by atoms with Crippen LogP contribution in [0.4, 0.5) is 0 Å². The van der Waals surface area contributed by atoms with Gasteiger partial charge in [-0.2, -0.15) is 0 Å². The van der Waals surface area contributed by atoms with Crippen molar-refractivity contribution in [3.8, 4) is 21.1 Å². The molecule has 1 aliphatic heterocycles. The first-order valence-electron chi connectivity index (χ1n) is 10.0. The molecule has 0 saturated carbocycles. The van der Waals surface area contributed by atoms with Gasteiger partial charge in [0.15, 0.2) is 16.4 Å². The lowest BCUT2D eigenvalue weighted by atomic mass is 10.2. The number of benzene rings is 1. The van der Waals surface area contributed by atoms with Gasteiger partial charge in [-0.05, 0) is 17.9 Å². The Bertz CT molecular complexity index is 1200. The Morgan fingerprint density at radius 1 is 1.19 bits per heavy atom. The second-order valence-electron chi connectivity index (χ2n) is 7.53. The third-order valence-corrected chi connectivity index (χ3v) is 9.02. The molecule has 1 unspecified atom stereocenters. The van der Waals surface area contributed by atoms with Crippen molar-refractivity contribution in [3.05, 3.63) is 52.7 Å². The molecule has 1 saturated heterocycles. The fraction of sp³-hybridized carbons (Fsp3) is 0.318. The zero-order valence-electron chi connectivity index (χ0n) is 17.4. The van der Waals surface area contributed by atoms with Gasteiger partial charge in [0.1, 0.15) is 5.01 Å². The molecule has 1 aromatic carbocycles. The van der Waals surface area contributed by atoms with Crippen LogP contribution in [0.5, 0.6) is 0 Å². The van der Waals surface area contributed by atoms with Crippen LogP contribution in [0, 0.1) is 0 Å². The van der Waals surface area contributed by atoms with E-state index in [4.69, 9.17) is 9.72 Å². The number of amides is 1. The van der Waals surface area contributed by atoms with Gasteiger partial charge in [-0.15, -0.1) is 22.7 Å². The Morgan fingerprint density at radius 3 is 2.62 bits per heavy atom. The number of thiophene rings is 1. The van der Waals surface area contributed by atoms with Gasteiger partial charge >= 0.3 is 5.97 Å². The molecule has 3 heterocycles. The van der Waals surface area contributed by atoms with Gasteiger partial charge in [0.2, 0.25) is 0 Å². The molecule has 0 spiro atoms. The fourth-order valence-corrected chi connectivity index (χ4v) is 7.14. The predicted molar refractivity (Wildman–Crippen MR) is 125 cm³/mol. The number of carbonyl (C=O) groups is 2. The van der Waals surface area contributed by atoms with Crippen molar-refractivity contribution in [3.63, 3.8) is 0 Å². The molecule has 3 aromatic rings. The number of hydrogen-bond acceptors (Lipinski definition) is 8. The average Bonchev–Trinajstić information content (AvgIpc) is 3.52. The van der Waals surface area contributed by atoms with E-state index in [2.05, 4.69) is 0 Å². The Kier molecular flexibility index (Phi) is 6.73. The Balaban J connectivity index is 1.42. The molecular weight excluding hydrogens is 468 g/mol. The largest absolute Gasteiger partial charge is 0.455 e. The van der Waals surface area contributed by atoms with E-state index in [1.807, 2.05) is 47.8 Å². The Hall–Kier alpha value is -2.56. The minimum absolute atomic E-state index is 0.00648. The van der Waals surface area contributed by atoms with Crippen LogP contribution in [0.1, 0.15) is 11.3 Å². The van der Waals surface area contributed by atoms with Crippen molar-refractivity contribution < 1.29 is 22.7 Å². The van der Waals surface area contributed by atoms with Crippen molar-refractivity contribution >= 4 is 44.4 Å². The normalized spacial score (nSPS) is 17.2. The van der Waals surface area contributed by atoms with E-state index in [-0.39, 0.29) is 24.0 Å². The summed E-state index contributed by atoms with van der Waals surface area (Å²) >= 11 is 2.98. The summed E-state index contributed by atoms with van der Waals surface area (Å²) in [7, 11) is -1.55. The van der Waals surface area contributed by atoms with Gasteiger partial charge in [0.05, 0.1) is 28.5 Å². The lowest BCUT2D eigenvalue weighted by molar-refractivity contribution is -0.151. The molecule has 0 aliphatic carbocycles. The van der Waals surface area contributed by atoms with E-state index in [0.717, 1.165) is 26.0 Å². The van der Waals surface area contributed by atoms with Crippen LogP contribution >= 0.6 is 22.7 Å². The third-order valence-electron chi connectivity index (χ3n) is 5.28. The number of aromatic nitrogens is 1. The van der Waals surface area contributed by atoms with Crippen LogP contribution in [0.2, 0.25) is 0 Å². The van der Waals surface area contributed by atoms with Gasteiger partial charge in [-0.25, -0.2) is 13.4 Å². The molecule has 168 valence electrons. The molecule has 4 rings (SSSR count). The summed E-state index contributed by atoms with van der Waals surface area (Å²) in [6.45, 7) is -0.412. The van der Waals surface area contributed by atoms with Crippen LogP contribution in [-0.4, -0.2) is 61.4 Å². The number of sulfone groups is 1. The van der Waals surface area contributed by atoms with E-state index >= 15 is 0 Å². The molecule has 32 heavy (non-hydrogen) atoms. The molecule has 2 aromatic heterocycles. The summed E-state index contributed by atoms with van der Waals surface area (Å²) in [5.41, 5.74) is 1.72. The molecule has 7 nitrogen and oxygen atoms in total. The van der Waals surface area contributed by atoms with Crippen molar-refractivity contribution in [2.45, 2.75) is 18.9 Å². The average molecular weight is 491 g/mol. The molecular formula is C22H22N2O5S3. The standard InChI is InChI=1S/C22H22N2O5S3/c1-24(16-9-11-32(27,28)14-16)19(25)13-29-20(26)12-18-21(17-8-5-10-30-17)23-22(31-18)15-6-3-2-4-7-15/h2-8,10,16H,9,11-14H2,1H3. The van der Waals surface area contributed by atoms with Crippen molar-refractivity contribution in [1.29, 1.82) is 0 Å². The fourth-order valence-electron chi connectivity index (χ4n) is 3.49. The lowest BCUT2D eigenvalue weighted by Crippen LogP contribution is -2.40. The summed E-state index contributed by atoms with van der Waals surface area (Å²) in [4.78, 5) is 32.8. The van der Waals surface area contributed by atoms with Gasteiger partial charge in [-0.1, -0.05) is 36.4 Å². The lowest BCUT2D eigenvalue weighted by Gasteiger charge is -2.23. The summed E-state index contributed by atoms with van der Waals surface area (Å²) < 4.78 is 28.5. The monoisotopic (exact) mass is 490 g/mol. The minimum atomic E-state index is -3.10. The summed E-state index contributed by atoms with van der Waals surface area (Å²) in [6.07, 6.45) is 0.415. The predicted octanol–water partition coefficient (Wildman–Crippen LogP) is 3.27. The van der Waals surface area contributed by atoms with Crippen LogP contribution in [0.25, 0.3) is 21.1 Å². The minimum Gasteiger partial charge on any atom is -0.455 e. The number of nitrogens with zero attached hydrogens (tertiary/aromatic N) is 2. The number of likely N-dealkylation sites (N-methyl/N-ethyl adjacent to an activating group) is 1. The first-order valence-corrected chi connectivity index (χ1v) is 13.5. The SMILES string of the molecule is CN(C(=O)COC(=O)Cc1sc(-c2ccccc2)nc1-c1cccs1)C1CCS(=O)(=O)C1. The topological polar surface area (TPSA) is 93.6 Å². The zero-order valence-corrected chi connectivity index (χ0v) is 19.8. The molecule has 10 heteroatoms. The number of ether oxygens (including phenoxy) is 1. The van der Waals surface area contributed by atoms with Crippen LogP contribution in [0.3, 0.4) is 0 Å². The molecule has 0 N–H and O–H groups in total. The second kappa shape index (κ2) is 9.51. The van der Waals surface area contributed by atoms with E-state index < -0.39 is 28.3 Å². The summed E-state index contributed by atoms with van der Waals surface area (Å²) in [5.74, 6) is -0.897. The first-order chi connectivity index (χ1) is 15.3. The molecule has 1 amide bonds. The van der Waals surface area contributed by atoms with Crippen LogP contribution in [0.15, 0.2) is 47.8 Å². The zero-order chi connectivity index (χ0) is 22.7. The summed E-state index contributed by atoms with van der Waals surface area (Å²) in [5, 5.41) is 2.77. The molecule has 0 radical (unpaired) electrons. The first kappa shape index (κ1) is 22.6. The third kappa shape index (κ3) is 5.25. The number of rotatable bonds is 7. The summed E-state index contributed by atoms with van der Waals surface area (Å²) in [6, 6.07) is 13.3. The van der Waals surface area contributed by atoms with Crippen LogP contribution in [-0.2, 0) is 30.6 Å². The second-order valence-corrected chi connectivity index (χ2v) is 11.8. The highest BCUT2D eigenvalue weighted by Crippen LogP contribution is 2.36. The highest BCUT2D eigenvalue weighted by atomic mass is 32.2. The maximum absolute atomic E-state index is 12.5. The number of carbonyl (C=O) groups excluding carboxylic acids is 2. The highest BCUT2D eigenvalue weighted by molar-refractivity contribution is 7.91.